The summed E-state index contributed by atoms with van der Waals surface area (Å²) in [6.45, 7) is 5.75. The summed E-state index contributed by atoms with van der Waals surface area (Å²) in [5.41, 5.74) is -0.671. The monoisotopic (exact) mass is 309 g/mol. The number of rotatable bonds is 4. The molecule has 0 bridgehead atoms. The number of nitrogens with zero attached hydrogens (tertiary/aromatic N) is 1. The molecule has 6 heteroatoms. The first-order valence-corrected chi connectivity index (χ1v) is 7.59. The van der Waals surface area contributed by atoms with Crippen molar-refractivity contribution in [1.82, 2.24) is 4.90 Å². The van der Waals surface area contributed by atoms with Crippen LogP contribution < -0.4 is 0 Å². The van der Waals surface area contributed by atoms with Gasteiger partial charge in [0, 0.05) is 13.1 Å². The number of piperidine rings is 1. The minimum Gasteiger partial charge on any atom is -0.481 e. The predicted octanol–water partition coefficient (Wildman–Crippen LogP) is 1.97. The van der Waals surface area contributed by atoms with Gasteiger partial charge in [-0.3, -0.25) is 9.59 Å². The molecule has 22 heavy (non-hydrogen) atoms. The number of hydrogen-bond acceptors (Lipinski definition) is 4. The van der Waals surface area contributed by atoms with Crippen molar-refractivity contribution in [3.8, 4) is 0 Å². The Bertz CT molecular complexity index is 579. The number of aryl methyl sites for hydroxylation is 2. The third-order valence-corrected chi connectivity index (χ3v) is 4.54. The maximum absolute atomic E-state index is 12.5. The van der Waals surface area contributed by atoms with Gasteiger partial charge >= 0.3 is 5.97 Å². The average molecular weight is 309 g/mol. The molecule has 0 spiro atoms. The molecule has 1 amide bonds. The van der Waals surface area contributed by atoms with E-state index in [9.17, 15) is 19.8 Å². The fourth-order valence-electron chi connectivity index (χ4n) is 3.27. The van der Waals surface area contributed by atoms with Crippen LogP contribution in [0.15, 0.2) is 10.5 Å². The van der Waals surface area contributed by atoms with E-state index in [2.05, 4.69) is 0 Å². The maximum Gasteiger partial charge on any atom is 0.312 e. The Morgan fingerprint density at radius 2 is 2.14 bits per heavy atom. The lowest BCUT2D eigenvalue weighted by Crippen LogP contribution is -2.56. The summed E-state index contributed by atoms with van der Waals surface area (Å²) in [5.74, 6) is -0.00179. The third kappa shape index (κ3) is 2.75. The molecule has 1 aromatic heterocycles. The second kappa shape index (κ2) is 6.12. The minimum absolute atomic E-state index is 0.0365. The molecule has 0 saturated carbocycles. The highest BCUT2D eigenvalue weighted by Crippen LogP contribution is 2.37. The number of likely N-dealkylation sites (tertiary alicyclic amines) is 1. The second-order valence-corrected chi connectivity index (χ2v) is 6.06. The number of amides is 1. The molecule has 1 fully saturated rings. The molecule has 1 aliphatic heterocycles. The van der Waals surface area contributed by atoms with Crippen molar-refractivity contribution in [2.45, 2.75) is 46.1 Å². The highest BCUT2D eigenvalue weighted by atomic mass is 16.4. The molecule has 6 nitrogen and oxygen atoms in total. The summed E-state index contributed by atoms with van der Waals surface area (Å²) < 4.78 is 5.37. The molecule has 0 unspecified atom stereocenters. The quantitative estimate of drug-likeness (QED) is 0.887. The number of furan rings is 1. The van der Waals surface area contributed by atoms with E-state index in [-0.39, 0.29) is 18.9 Å². The smallest absolute Gasteiger partial charge is 0.312 e. The first-order valence-electron chi connectivity index (χ1n) is 7.59. The topological polar surface area (TPSA) is 91.0 Å². The summed E-state index contributed by atoms with van der Waals surface area (Å²) in [5, 5.41) is 19.9. The Balaban J connectivity index is 2.17. The fourth-order valence-corrected chi connectivity index (χ4v) is 3.27. The molecule has 1 aromatic rings. The van der Waals surface area contributed by atoms with E-state index >= 15 is 0 Å². The minimum atomic E-state index is -1.15. The van der Waals surface area contributed by atoms with E-state index in [1.807, 2.05) is 6.92 Å². The molecule has 0 aliphatic carbocycles. The van der Waals surface area contributed by atoms with Crippen molar-refractivity contribution in [2.75, 3.05) is 13.1 Å². The van der Waals surface area contributed by atoms with Crippen molar-refractivity contribution in [1.29, 1.82) is 0 Å². The molecule has 2 N–H and O–H groups in total. The number of carboxylic acid groups (broad SMARTS) is 1. The van der Waals surface area contributed by atoms with E-state index in [4.69, 9.17) is 4.42 Å². The van der Waals surface area contributed by atoms with Crippen molar-refractivity contribution in [3.05, 3.63) is 23.2 Å². The summed E-state index contributed by atoms with van der Waals surface area (Å²) >= 11 is 0. The van der Waals surface area contributed by atoms with Crippen LogP contribution in [0.3, 0.4) is 0 Å². The van der Waals surface area contributed by atoms with E-state index in [1.165, 1.54) is 4.90 Å². The Morgan fingerprint density at radius 1 is 1.45 bits per heavy atom. The lowest BCUT2D eigenvalue weighted by molar-refractivity contribution is -0.162. The Kier molecular flexibility index (Phi) is 4.60. The molecular formula is C16H23NO5. The van der Waals surface area contributed by atoms with Crippen LogP contribution >= 0.6 is 0 Å². The van der Waals surface area contributed by atoms with Crippen LogP contribution in [0, 0.1) is 19.3 Å². The highest BCUT2D eigenvalue weighted by Gasteiger charge is 2.48. The van der Waals surface area contributed by atoms with Gasteiger partial charge in [0.2, 0.25) is 0 Å². The number of β-amino-alcohol motifs (C(OH)–C–C–N with tert-alkyl or cyclic N) is 1. The van der Waals surface area contributed by atoms with Gasteiger partial charge in [0.1, 0.15) is 11.5 Å². The van der Waals surface area contributed by atoms with Crippen LogP contribution in [0.1, 0.15) is 48.1 Å². The number of carbonyl (C=O) groups is 2. The number of hydrogen-bond donors (Lipinski definition) is 2. The number of aliphatic hydroxyl groups excluding tert-OH is 1. The van der Waals surface area contributed by atoms with Gasteiger partial charge in [-0.05, 0) is 32.8 Å². The van der Waals surface area contributed by atoms with Gasteiger partial charge < -0.3 is 19.5 Å². The van der Waals surface area contributed by atoms with Gasteiger partial charge in [-0.2, -0.15) is 0 Å². The predicted molar refractivity (Wildman–Crippen MR) is 79.7 cm³/mol. The Hall–Kier alpha value is -1.82. The summed E-state index contributed by atoms with van der Waals surface area (Å²) in [4.78, 5) is 25.6. The maximum atomic E-state index is 12.5. The van der Waals surface area contributed by atoms with E-state index in [0.717, 1.165) is 0 Å². The first kappa shape index (κ1) is 16.5. The van der Waals surface area contributed by atoms with Gasteiger partial charge in [-0.15, -0.1) is 0 Å². The van der Waals surface area contributed by atoms with Crippen molar-refractivity contribution in [3.63, 3.8) is 0 Å². The average Bonchev–Trinajstić information content (AvgIpc) is 2.79. The normalized spacial score (nSPS) is 25.3. The number of aliphatic hydroxyl groups is 1. The summed E-state index contributed by atoms with van der Waals surface area (Å²) in [6, 6.07) is 1.68. The second-order valence-electron chi connectivity index (χ2n) is 6.06. The standard InChI is InChI=1S/C16H23NO5/c1-4-5-16(15(20)21)6-7-17(9-13(16)18)14(19)12-8-10(2)22-11(12)3/h8,13,18H,4-7,9H2,1-3H3,(H,20,21)/t13-,16-/m0/s1. The zero-order valence-electron chi connectivity index (χ0n) is 13.3. The van der Waals surface area contributed by atoms with Crippen LogP contribution in [0.4, 0.5) is 0 Å². The number of carbonyl (C=O) groups excluding carboxylic acids is 1. The van der Waals surface area contributed by atoms with Gasteiger partial charge in [0.25, 0.3) is 5.91 Å². The molecule has 2 atom stereocenters. The van der Waals surface area contributed by atoms with Crippen LogP contribution in [0.25, 0.3) is 0 Å². The largest absolute Gasteiger partial charge is 0.481 e. The van der Waals surface area contributed by atoms with Crippen LogP contribution in [0.2, 0.25) is 0 Å². The molecule has 2 rings (SSSR count). The van der Waals surface area contributed by atoms with Crippen molar-refractivity contribution < 1.29 is 24.2 Å². The summed E-state index contributed by atoms with van der Waals surface area (Å²) in [7, 11) is 0. The Labute approximate surface area is 129 Å². The Morgan fingerprint density at radius 3 is 2.59 bits per heavy atom. The molecular weight excluding hydrogens is 286 g/mol. The zero-order chi connectivity index (χ0) is 16.5. The summed E-state index contributed by atoms with van der Waals surface area (Å²) in [6.07, 6.45) is 0.294. The first-order chi connectivity index (χ1) is 10.3. The van der Waals surface area contributed by atoms with Crippen LogP contribution in [-0.4, -0.2) is 46.2 Å². The lowest BCUT2D eigenvalue weighted by Gasteiger charge is -2.42. The SMILES string of the molecule is CCC[C@]1(C(=O)O)CCN(C(=O)c2cc(C)oc2C)C[C@@H]1O. The van der Waals surface area contributed by atoms with Crippen molar-refractivity contribution >= 4 is 11.9 Å². The molecule has 2 heterocycles. The third-order valence-electron chi connectivity index (χ3n) is 4.54. The van der Waals surface area contributed by atoms with Gasteiger partial charge in [-0.25, -0.2) is 0 Å². The number of aliphatic carboxylic acids is 1. The fraction of sp³-hybridized carbons (Fsp3) is 0.625. The lowest BCUT2D eigenvalue weighted by atomic mass is 9.72. The van der Waals surface area contributed by atoms with Crippen molar-refractivity contribution in [2.24, 2.45) is 5.41 Å². The molecule has 0 radical (unpaired) electrons. The van der Waals surface area contributed by atoms with E-state index in [1.54, 1.807) is 19.9 Å². The number of carboxylic acids is 1. The molecule has 122 valence electrons. The van der Waals surface area contributed by atoms with Gasteiger partial charge in [0.15, 0.2) is 0 Å². The van der Waals surface area contributed by atoms with E-state index < -0.39 is 17.5 Å². The molecule has 0 aromatic carbocycles. The molecule has 1 saturated heterocycles. The van der Waals surface area contributed by atoms with Crippen LogP contribution in [0.5, 0.6) is 0 Å². The molecule has 1 aliphatic rings. The van der Waals surface area contributed by atoms with Crippen LogP contribution in [-0.2, 0) is 4.79 Å². The highest BCUT2D eigenvalue weighted by molar-refractivity contribution is 5.95. The zero-order valence-corrected chi connectivity index (χ0v) is 13.3. The van der Waals surface area contributed by atoms with Gasteiger partial charge in [-0.1, -0.05) is 13.3 Å². The van der Waals surface area contributed by atoms with Gasteiger partial charge in [0.05, 0.1) is 17.1 Å². The van der Waals surface area contributed by atoms with E-state index in [0.29, 0.717) is 36.5 Å².